The van der Waals surface area contributed by atoms with Crippen LogP contribution in [-0.2, 0) is 20.9 Å². The first-order valence-electron chi connectivity index (χ1n) is 5.20. The Kier molecular flexibility index (Phi) is 5.49. The van der Waals surface area contributed by atoms with Crippen molar-refractivity contribution in [2.24, 2.45) is 0 Å². The van der Waals surface area contributed by atoms with E-state index in [1.165, 1.54) is 7.11 Å². The number of halogens is 1. The van der Waals surface area contributed by atoms with E-state index in [1.807, 2.05) is 12.1 Å². The Morgan fingerprint density at radius 2 is 1.88 bits per heavy atom. The van der Waals surface area contributed by atoms with Gasteiger partial charge < -0.3 is 10.1 Å². The van der Waals surface area contributed by atoms with Crippen LogP contribution in [0.1, 0.15) is 18.4 Å². The standard InChI is InChI=1S/C12H14ClNO3/c1-17-12(16)7-6-11(15)14-8-9-2-4-10(13)5-3-9/h2-5H,6-8H2,1H3,(H,14,15). The third-order valence-electron chi connectivity index (χ3n) is 2.19. The van der Waals surface area contributed by atoms with Crippen molar-refractivity contribution in [2.75, 3.05) is 7.11 Å². The molecule has 0 aliphatic rings. The zero-order valence-electron chi connectivity index (χ0n) is 9.53. The van der Waals surface area contributed by atoms with Crippen LogP contribution in [0.15, 0.2) is 24.3 Å². The van der Waals surface area contributed by atoms with E-state index < -0.39 is 0 Å². The van der Waals surface area contributed by atoms with Gasteiger partial charge in [-0.2, -0.15) is 0 Å². The van der Waals surface area contributed by atoms with E-state index in [0.717, 1.165) is 5.56 Å². The summed E-state index contributed by atoms with van der Waals surface area (Å²) < 4.78 is 4.44. The third kappa shape index (κ3) is 5.36. The molecule has 0 saturated carbocycles. The highest BCUT2D eigenvalue weighted by molar-refractivity contribution is 6.30. The highest BCUT2D eigenvalue weighted by Gasteiger charge is 2.06. The largest absolute Gasteiger partial charge is 0.469 e. The number of hydrogen-bond acceptors (Lipinski definition) is 3. The molecule has 0 unspecified atom stereocenters. The van der Waals surface area contributed by atoms with Crippen LogP contribution in [0.5, 0.6) is 0 Å². The fourth-order valence-electron chi connectivity index (χ4n) is 1.21. The number of nitrogens with one attached hydrogen (secondary N) is 1. The van der Waals surface area contributed by atoms with Crippen LogP contribution < -0.4 is 5.32 Å². The highest BCUT2D eigenvalue weighted by atomic mass is 35.5. The zero-order chi connectivity index (χ0) is 12.7. The quantitative estimate of drug-likeness (QED) is 0.818. The molecule has 0 bridgehead atoms. The Labute approximate surface area is 105 Å². The molecule has 0 aliphatic heterocycles. The fourth-order valence-corrected chi connectivity index (χ4v) is 1.33. The summed E-state index contributed by atoms with van der Waals surface area (Å²) in [6.07, 6.45) is 0.239. The lowest BCUT2D eigenvalue weighted by Gasteiger charge is -2.05. The van der Waals surface area contributed by atoms with Crippen molar-refractivity contribution >= 4 is 23.5 Å². The van der Waals surface area contributed by atoms with Crippen molar-refractivity contribution in [3.05, 3.63) is 34.9 Å². The van der Waals surface area contributed by atoms with E-state index in [-0.39, 0.29) is 24.7 Å². The maximum Gasteiger partial charge on any atom is 0.306 e. The monoisotopic (exact) mass is 255 g/mol. The summed E-state index contributed by atoms with van der Waals surface area (Å²) in [6, 6.07) is 7.20. The molecule has 1 aromatic carbocycles. The molecule has 4 nitrogen and oxygen atoms in total. The summed E-state index contributed by atoms with van der Waals surface area (Å²) in [5.74, 6) is -0.558. The summed E-state index contributed by atoms with van der Waals surface area (Å²) in [5.41, 5.74) is 0.959. The van der Waals surface area contributed by atoms with Gasteiger partial charge in [0.05, 0.1) is 13.5 Å². The molecule has 0 aliphatic carbocycles. The number of methoxy groups -OCH3 is 1. The Morgan fingerprint density at radius 1 is 1.24 bits per heavy atom. The maximum absolute atomic E-state index is 11.4. The van der Waals surface area contributed by atoms with Crippen molar-refractivity contribution < 1.29 is 14.3 Å². The van der Waals surface area contributed by atoms with Crippen molar-refractivity contribution in [2.45, 2.75) is 19.4 Å². The molecule has 1 amide bonds. The fraction of sp³-hybridized carbons (Fsp3) is 0.333. The molecule has 0 atom stereocenters. The van der Waals surface area contributed by atoms with Crippen LogP contribution in [0.2, 0.25) is 5.02 Å². The first kappa shape index (κ1) is 13.5. The van der Waals surface area contributed by atoms with Gasteiger partial charge in [0.1, 0.15) is 0 Å². The van der Waals surface area contributed by atoms with Crippen molar-refractivity contribution in [3.63, 3.8) is 0 Å². The smallest absolute Gasteiger partial charge is 0.306 e. The second-order valence-electron chi connectivity index (χ2n) is 3.48. The number of esters is 1. The van der Waals surface area contributed by atoms with E-state index in [1.54, 1.807) is 12.1 Å². The zero-order valence-corrected chi connectivity index (χ0v) is 10.3. The second-order valence-corrected chi connectivity index (χ2v) is 3.92. The SMILES string of the molecule is COC(=O)CCC(=O)NCc1ccc(Cl)cc1. The molecule has 0 fully saturated rings. The van der Waals surface area contributed by atoms with E-state index in [2.05, 4.69) is 10.1 Å². The lowest BCUT2D eigenvalue weighted by atomic mass is 10.2. The molecule has 0 spiro atoms. The minimum Gasteiger partial charge on any atom is -0.469 e. The van der Waals surface area contributed by atoms with Crippen molar-refractivity contribution in [1.82, 2.24) is 5.32 Å². The number of carbonyl (C=O) groups is 2. The van der Waals surface area contributed by atoms with Gasteiger partial charge in [-0.25, -0.2) is 0 Å². The first-order valence-corrected chi connectivity index (χ1v) is 5.57. The van der Waals surface area contributed by atoms with Gasteiger partial charge in [-0.15, -0.1) is 0 Å². The molecule has 92 valence electrons. The van der Waals surface area contributed by atoms with Gasteiger partial charge in [0.15, 0.2) is 0 Å². The lowest BCUT2D eigenvalue weighted by Crippen LogP contribution is -2.23. The normalized spacial score (nSPS) is 9.76. The molecule has 0 radical (unpaired) electrons. The van der Waals surface area contributed by atoms with Crippen LogP contribution in [-0.4, -0.2) is 19.0 Å². The van der Waals surface area contributed by atoms with Crippen LogP contribution in [0.25, 0.3) is 0 Å². The number of carbonyl (C=O) groups excluding carboxylic acids is 2. The average Bonchev–Trinajstić information content (AvgIpc) is 2.35. The van der Waals surface area contributed by atoms with E-state index in [9.17, 15) is 9.59 Å². The van der Waals surface area contributed by atoms with E-state index in [4.69, 9.17) is 11.6 Å². The molecule has 0 saturated heterocycles. The van der Waals surface area contributed by atoms with Crippen molar-refractivity contribution in [1.29, 1.82) is 0 Å². The number of hydrogen-bond donors (Lipinski definition) is 1. The Balaban J connectivity index is 2.28. The van der Waals surface area contributed by atoms with Gasteiger partial charge in [0.2, 0.25) is 5.91 Å². The minimum absolute atomic E-state index is 0.100. The summed E-state index contributed by atoms with van der Waals surface area (Å²) in [4.78, 5) is 22.2. The predicted octanol–water partition coefficient (Wildman–Crippen LogP) is 1.91. The van der Waals surface area contributed by atoms with Crippen LogP contribution in [0.4, 0.5) is 0 Å². The summed E-state index contributed by atoms with van der Waals surface area (Å²) in [7, 11) is 1.30. The summed E-state index contributed by atoms with van der Waals surface area (Å²) >= 11 is 5.74. The molecule has 1 aromatic rings. The molecule has 1 rings (SSSR count). The van der Waals surface area contributed by atoms with Crippen LogP contribution in [0.3, 0.4) is 0 Å². The predicted molar refractivity (Wildman–Crippen MR) is 64.5 cm³/mol. The second kappa shape index (κ2) is 6.91. The molecular formula is C12H14ClNO3. The van der Waals surface area contributed by atoms with Gasteiger partial charge in [-0.1, -0.05) is 23.7 Å². The molecule has 0 aromatic heterocycles. The molecule has 1 N–H and O–H groups in total. The topological polar surface area (TPSA) is 55.4 Å². The maximum atomic E-state index is 11.4. The minimum atomic E-state index is -0.383. The van der Waals surface area contributed by atoms with Crippen LogP contribution in [0, 0.1) is 0 Å². The molecule has 0 heterocycles. The van der Waals surface area contributed by atoms with E-state index >= 15 is 0 Å². The molecular weight excluding hydrogens is 242 g/mol. The molecule has 5 heteroatoms. The number of amides is 1. The van der Waals surface area contributed by atoms with Gasteiger partial charge in [-0.05, 0) is 17.7 Å². The Bertz CT molecular complexity index is 389. The number of rotatable bonds is 5. The van der Waals surface area contributed by atoms with Gasteiger partial charge >= 0.3 is 5.97 Å². The van der Waals surface area contributed by atoms with E-state index in [0.29, 0.717) is 11.6 Å². The first-order chi connectivity index (χ1) is 8.11. The summed E-state index contributed by atoms with van der Waals surface area (Å²) in [6.45, 7) is 0.428. The highest BCUT2D eigenvalue weighted by Crippen LogP contribution is 2.09. The molecule has 17 heavy (non-hydrogen) atoms. The average molecular weight is 256 g/mol. The number of ether oxygens (including phenoxy) is 1. The van der Waals surface area contributed by atoms with Crippen molar-refractivity contribution in [3.8, 4) is 0 Å². The van der Waals surface area contributed by atoms with Gasteiger partial charge in [0, 0.05) is 18.0 Å². The lowest BCUT2D eigenvalue weighted by molar-refractivity contribution is -0.142. The summed E-state index contributed by atoms with van der Waals surface area (Å²) in [5, 5.41) is 3.37. The Hall–Kier alpha value is -1.55. The number of benzene rings is 1. The van der Waals surface area contributed by atoms with Crippen LogP contribution >= 0.6 is 11.6 Å². The third-order valence-corrected chi connectivity index (χ3v) is 2.44. The van der Waals surface area contributed by atoms with Gasteiger partial charge in [0.25, 0.3) is 0 Å². The Morgan fingerprint density at radius 3 is 2.47 bits per heavy atom. The van der Waals surface area contributed by atoms with Gasteiger partial charge in [-0.3, -0.25) is 9.59 Å².